The van der Waals surface area contributed by atoms with Crippen molar-refractivity contribution >= 4 is 15.7 Å². The van der Waals surface area contributed by atoms with Crippen molar-refractivity contribution in [3.05, 3.63) is 29.8 Å². The van der Waals surface area contributed by atoms with E-state index >= 15 is 0 Å². The molecule has 0 heterocycles. The van der Waals surface area contributed by atoms with Gasteiger partial charge in [-0.15, -0.1) is 0 Å². The number of nitrogen functional groups attached to an aromatic ring is 1. The Balaban J connectivity index is 2.02. The Hall–Kier alpha value is -1.07. The fourth-order valence-electron chi connectivity index (χ4n) is 2.99. The second-order valence-corrected chi connectivity index (χ2v) is 7.96. The molecule has 0 unspecified atom stereocenters. The summed E-state index contributed by atoms with van der Waals surface area (Å²) in [7, 11) is -3.18. The van der Waals surface area contributed by atoms with Gasteiger partial charge in [-0.25, -0.2) is 8.42 Å². The Bertz CT molecular complexity index is 534. The van der Waals surface area contributed by atoms with E-state index in [1.165, 1.54) is 19.3 Å². The Morgan fingerprint density at radius 2 is 1.76 bits per heavy atom. The van der Waals surface area contributed by atoms with E-state index in [2.05, 4.69) is 0 Å². The number of hydrogen-bond acceptors (Lipinski definition) is 3. The van der Waals surface area contributed by atoms with Gasteiger partial charge in [0.25, 0.3) is 0 Å². The summed E-state index contributed by atoms with van der Waals surface area (Å²) in [5, 5.41) is 0. The Morgan fingerprint density at radius 1 is 1.14 bits per heavy atom. The molecule has 1 aliphatic carbocycles. The van der Waals surface area contributed by atoms with Crippen LogP contribution in [0.25, 0.3) is 0 Å². The first kappa shape index (κ1) is 16.3. The molecule has 2 rings (SSSR count). The maximum atomic E-state index is 12.6. The lowest BCUT2D eigenvalue weighted by atomic mass is 9.91. The fraction of sp³-hybridized carbons (Fsp3) is 0.625. The lowest BCUT2D eigenvalue weighted by Crippen LogP contribution is -2.35. The van der Waals surface area contributed by atoms with Gasteiger partial charge in [-0.2, -0.15) is 4.31 Å². The van der Waals surface area contributed by atoms with E-state index in [1.807, 2.05) is 31.2 Å². The quantitative estimate of drug-likeness (QED) is 0.822. The van der Waals surface area contributed by atoms with Crippen LogP contribution in [0.15, 0.2) is 24.3 Å². The van der Waals surface area contributed by atoms with Crippen molar-refractivity contribution in [2.45, 2.75) is 45.6 Å². The third kappa shape index (κ3) is 4.71. The van der Waals surface area contributed by atoms with Crippen molar-refractivity contribution < 1.29 is 8.42 Å². The smallest absolute Gasteiger partial charge is 0.214 e. The van der Waals surface area contributed by atoms with Gasteiger partial charge in [0.2, 0.25) is 10.0 Å². The average molecular weight is 310 g/mol. The average Bonchev–Trinajstić information content (AvgIpc) is 2.47. The largest absolute Gasteiger partial charge is 0.399 e. The minimum absolute atomic E-state index is 0.301. The van der Waals surface area contributed by atoms with E-state index in [1.54, 1.807) is 4.31 Å². The molecule has 0 atom stereocenters. The second kappa shape index (κ2) is 7.27. The molecule has 0 amide bonds. The molecular weight excluding hydrogens is 284 g/mol. The minimum Gasteiger partial charge on any atom is -0.399 e. The molecule has 5 heteroatoms. The molecule has 0 aromatic heterocycles. The van der Waals surface area contributed by atoms with Gasteiger partial charge in [0.15, 0.2) is 0 Å². The van der Waals surface area contributed by atoms with Crippen LogP contribution in [0.2, 0.25) is 0 Å². The summed E-state index contributed by atoms with van der Waals surface area (Å²) >= 11 is 0. The van der Waals surface area contributed by atoms with Gasteiger partial charge in [-0.05, 0) is 36.5 Å². The van der Waals surface area contributed by atoms with Gasteiger partial charge in [0.05, 0.1) is 5.75 Å². The van der Waals surface area contributed by atoms with Gasteiger partial charge >= 0.3 is 0 Å². The van der Waals surface area contributed by atoms with E-state index < -0.39 is 10.0 Å². The van der Waals surface area contributed by atoms with Crippen LogP contribution in [0.1, 0.15) is 44.6 Å². The number of benzene rings is 1. The molecule has 1 aromatic carbocycles. The molecule has 0 saturated heterocycles. The van der Waals surface area contributed by atoms with Crippen molar-refractivity contribution in [1.29, 1.82) is 0 Å². The van der Waals surface area contributed by atoms with Crippen LogP contribution in [0.5, 0.6) is 0 Å². The number of nitrogens with two attached hydrogens (primary N) is 1. The Labute approximate surface area is 128 Å². The number of sulfonamides is 1. The SMILES string of the molecule is CCN(Cc1ccc(N)cc1)S(=O)(=O)CC1CCCCC1. The highest BCUT2D eigenvalue weighted by Crippen LogP contribution is 2.26. The van der Waals surface area contributed by atoms with Gasteiger partial charge in [0.1, 0.15) is 0 Å². The predicted molar refractivity (Wildman–Crippen MR) is 87.3 cm³/mol. The zero-order valence-electron chi connectivity index (χ0n) is 12.8. The van der Waals surface area contributed by atoms with Crippen molar-refractivity contribution in [3.8, 4) is 0 Å². The molecule has 1 aliphatic rings. The molecule has 1 saturated carbocycles. The number of anilines is 1. The molecule has 1 fully saturated rings. The molecule has 2 N–H and O–H groups in total. The first-order chi connectivity index (χ1) is 10.0. The molecule has 1 aromatic rings. The summed E-state index contributed by atoms with van der Waals surface area (Å²) in [6.07, 6.45) is 5.70. The van der Waals surface area contributed by atoms with Crippen LogP contribution in [0.3, 0.4) is 0 Å². The highest BCUT2D eigenvalue weighted by Gasteiger charge is 2.26. The van der Waals surface area contributed by atoms with Crippen molar-refractivity contribution in [2.24, 2.45) is 5.92 Å². The van der Waals surface area contributed by atoms with Crippen LogP contribution in [0, 0.1) is 5.92 Å². The lowest BCUT2D eigenvalue weighted by molar-refractivity contribution is 0.367. The zero-order chi connectivity index (χ0) is 15.3. The maximum absolute atomic E-state index is 12.6. The second-order valence-electron chi connectivity index (χ2n) is 5.95. The van der Waals surface area contributed by atoms with E-state index in [0.717, 1.165) is 18.4 Å². The van der Waals surface area contributed by atoms with Crippen molar-refractivity contribution in [1.82, 2.24) is 4.31 Å². The van der Waals surface area contributed by atoms with Crippen LogP contribution < -0.4 is 5.73 Å². The van der Waals surface area contributed by atoms with E-state index in [9.17, 15) is 8.42 Å². The lowest BCUT2D eigenvalue weighted by Gasteiger charge is -2.26. The van der Waals surface area contributed by atoms with Crippen molar-refractivity contribution in [2.75, 3.05) is 18.0 Å². The molecule has 21 heavy (non-hydrogen) atoms. The third-order valence-electron chi connectivity index (χ3n) is 4.26. The van der Waals surface area contributed by atoms with Crippen LogP contribution in [-0.4, -0.2) is 25.0 Å². The molecule has 118 valence electrons. The minimum atomic E-state index is -3.18. The van der Waals surface area contributed by atoms with Gasteiger partial charge < -0.3 is 5.73 Å². The maximum Gasteiger partial charge on any atom is 0.214 e. The molecule has 0 spiro atoms. The van der Waals surface area contributed by atoms with E-state index in [-0.39, 0.29) is 0 Å². The summed E-state index contributed by atoms with van der Waals surface area (Å²) in [5.41, 5.74) is 7.35. The highest BCUT2D eigenvalue weighted by molar-refractivity contribution is 7.89. The molecule has 0 aliphatic heterocycles. The highest BCUT2D eigenvalue weighted by atomic mass is 32.2. The topological polar surface area (TPSA) is 63.4 Å². The van der Waals surface area contributed by atoms with Crippen LogP contribution >= 0.6 is 0 Å². The normalized spacial score (nSPS) is 17.2. The molecule has 0 bridgehead atoms. The van der Waals surface area contributed by atoms with Gasteiger partial charge in [0, 0.05) is 18.8 Å². The van der Waals surface area contributed by atoms with Gasteiger partial charge in [-0.1, -0.05) is 38.3 Å². The van der Waals surface area contributed by atoms with E-state index in [4.69, 9.17) is 5.73 Å². The monoisotopic (exact) mass is 310 g/mol. The Kier molecular flexibility index (Phi) is 5.65. The van der Waals surface area contributed by atoms with Crippen LogP contribution in [0.4, 0.5) is 5.69 Å². The first-order valence-electron chi connectivity index (χ1n) is 7.83. The summed E-state index contributed by atoms with van der Waals surface area (Å²) in [5.74, 6) is 0.639. The number of hydrogen-bond donors (Lipinski definition) is 1. The summed E-state index contributed by atoms with van der Waals surface area (Å²) in [4.78, 5) is 0. The summed E-state index contributed by atoms with van der Waals surface area (Å²) in [6.45, 7) is 2.85. The molecule has 0 radical (unpaired) electrons. The van der Waals surface area contributed by atoms with Gasteiger partial charge in [-0.3, -0.25) is 0 Å². The standard InChI is InChI=1S/C16H26N2O2S/c1-2-18(12-14-8-10-16(17)11-9-14)21(19,20)13-15-6-4-3-5-7-15/h8-11,15H,2-7,12-13,17H2,1H3. The van der Waals surface area contributed by atoms with Crippen molar-refractivity contribution in [3.63, 3.8) is 0 Å². The first-order valence-corrected chi connectivity index (χ1v) is 9.44. The summed E-state index contributed by atoms with van der Waals surface area (Å²) < 4.78 is 26.8. The fourth-order valence-corrected chi connectivity index (χ4v) is 4.87. The summed E-state index contributed by atoms with van der Waals surface area (Å²) in [6, 6.07) is 7.43. The predicted octanol–water partition coefficient (Wildman–Crippen LogP) is 3.00. The molecule has 4 nitrogen and oxygen atoms in total. The molecular formula is C16H26N2O2S. The Morgan fingerprint density at radius 3 is 2.33 bits per heavy atom. The van der Waals surface area contributed by atoms with Crippen LogP contribution in [-0.2, 0) is 16.6 Å². The number of rotatable bonds is 6. The zero-order valence-corrected chi connectivity index (χ0v) is 13.6. The third-order valence-corrected chi connectivity index (χ3v) is 6.32. The van der Waals surface area contributed by atoms with E-state index in [0.29, 0.717) is 30.4 Å². The number of nitrogens with zero attached hydrogens (tertiary/aromatic N) is 1.